The van der Waals surface area contributed by atoms with E-state index in [4.69, 9.17) is 35.7 Å². The Balaban J connectivity index is -0.000000402. The molecule has 0 aromatic heterocycles. The van der Waals surface area contributed by atoms with Crippen molar-refractivity contribution in [1.29, 1.82) is 0 Å². The van der Waals surface area contributed by atoms with Gasteiger partial charge in [-0.25, -0.2) is 4.79 Å². The number of rotatable bonds is 9. The van der Waals surface area contributed by atoms with Gasteiger partial charge in [-0.1, -0.05) is 0 Å². The summed E-state index contributed by atoms with van der Waals surface area (Å²) in [5, 5.41) is 70.6. The topological polar surface area (TPSA) is 216 Å². The van der Waals surface area contributed by atoms with E-state index in [0.717, 1.165) is 0 Å². The molecule has 0 radical (unpaired) electrons. The van der Waals surface area contributed by atoms with Gasteiger partial charge in [0.1, 0.15) is 12.6 Å². The fraction of sp³-hybridized carbons (Fsp3) is 0.769. The summed E-state index contributed by atoms with van der Waals surface area (Å²) < 4.78 is 0.550. The van der Waals surface area contributed by atoms with Crippen LogP contribution in [0.15, 0.2) is 0 Å². The van der Waals surface area contributed by atoms with Gasteiger partial charge in [0.15, 0.2) is 0 Å². The second kappa shape index (κ2) is 12.0. The van der Waals surface area contributed by atoms with Crippen molar-refractivity contribution in [1.82, 2.24) is 0 Å². The first-order valence-electron chi connectivity index (χ1n) is 6.95. The first-order valence-corrected chi connectivity index (χ1v) is 6.95. The molecule has 0 aromatic carbocycles. The van der Waals surface area contributed by atoms with Crippen molar-refractivity contribution >= 4 is 55.6 Å². The van der Waals surface area contributed by atoms with Crippen LogP contribution in [0.5, 0.6) is 0 Å². The molecule has 0 amide bonds. The minimum atomic E-state index is -3.80. The molecule has 12 nitrogen and oxygen atoms in total. The molecule has 0 aliphatic carbocycles. The predicted molar refractivity (Wildman–Crippen MR) is 85.9 cm³/mol. The SMILES string of the molecule is C[N+](C)(C)CC(O)CC(=O)[O-].O=C(O)CCC(O)(O)C(O)(O)C(=O)O.[CaH2]. The van der Waals surface area contributed by atoms with Gasteiger partial charge in [0, 0.05) is 18.8 Å². The minimum absolute atomic E-state index is 0. The Bertz CT molecular complexity index is 473. The molecule has 0 bridgehead atoms. The average molecular weight is 413 g/mol. The maximum absolute atomic E-state index is 10.1. The van der Waals surface area contributed by atoms with Crippen LogP contribution in [0.1, 0.15) is 19.3 Å². The van der Waals surface area contributed by atoms with E-state index in [-0.39, 0.29) is 44.2 Å². The molecule has 1 unspecified atom stereocenters. The Hall–Kier alpha value is -0.570. The second-order valence-electron chi connectivity index (χ2n) is 6.39. The van der Waals surface area contributed by atoms with Crippen molar-refractivity contribution < 1.29 is 59.7 Å². The summed E-state index contributed by atoms with van der Waals surface area (Å²) in [5.74, 6) is -12.1. The van der Waals surface area contributed by atoms with Gasteiger partial charge in [0.25, 0.3) is 0 Å². The third-order valence-electron chi connectivity index (χ3n) is 2.70. The van der Waals surface area contributed by atoms with Gasteiger partial charge in [-0.05, 0) is 0 Å². The number of quaternary nitrogens is 1. The van der Waals surface area contributed by atoms with E-state index in [1.165, 1.54) is 0 Å². The summed E-state index contributed by atoms with van der Waals surface area (Å²) in [6.45, 7) is 0.425. The molecule has 26 heavy (non-hydrogen) atoms. The van der Waals surface area contributed by atoms with E-state index in [1.54, 1.807) is 0 Å². The quantitative estimate of drug-likeness (QED) is 0.107. The van der Waals surface area contributed by atoms with Crippen molar-refractivity contribution in [3.05, 3.63) is 0 Å². The molecule has 0 aliphatic rings. The van der Waals surface area contributed by atoms with Gasteiger partial charge in [-0.15, -0.1) is 0 Å². The molecule has 0 saturated heterocycles. The zero-order valence-electron chi connectivity index (χ0n) is 14.1. The molecule has 7 N–H and O–H groups in total. The van der Waals surface area contributed by atoms with Gasteiger partial charge < -0.3 is 50.1 Å². The van der Waals surface area contributed by atoms with Gasteiger partial charge in [0.05, 0.1) is 27.6 Å². The van der Waals surface area contributed by atoms with Gasteiger partial charge in [-0.3, -0.25) is 4.79 Å². The van der Waals surface area contributed by atoms with E-state index in [0.29, 0.717) is 11.0 Å². The zero-order valence-corrected chi connectivity index (χ0v) is 14.1. The van der Waals surface area contributed by atoms with Gasteiger partial charge in [-0.2, -0.15) is 0 Å². The van der Waals surface area contributed by atoms with Crippen LogP contribution in [0, 0.1) is 0 Å². The number of aliphatic carboxylic acids is 3. The molecular weight excluding hydrogens is 386 g/mol. The first kappa shape index (κ1) is 30.2. The summed E-state index contributed by atoms with van der Waals surface area (Å²) >= 11 is 0. The summed E-state index contributed by atoms with van der Waals surface area (Å²) in [4.78, 5) is 30.2. The molecule has 1 atom stereocenters. The number of aliphatic hydroxyl groups excluding tert-OH is 1. The van der Waals surface area contributed by atoms with Gasteiger partial charge in [0.2, 0.25) is 5.79 Å². The monoisotopic (exact) mass is 413 g/mol. The number of hydrogen-bond acceptors (Lipinski definition) is 9. The number of nitrogens with zero attached hydrogens (tertiary/aromatic N) is 1. The molecule has 0 aromatic rings. The number of aliphatic hydroxyl groups is 5. The van der Waals surface area contributed by atoms with Crippen molar-refractivity contribution in [3.63, 3.8) is 0 Å². The summed E-state index contributed by atoms with van der Waals surface area (Å²) in [5.41, 5.74) is 0. The van der Waals surface area contributed by atoms with Crippen molar-refractivity contribution in [2.75, 3.05) is 27.7 Å². The van der Waals surface area contributed by atoms with E-state index >= 15 is 0 Å². The average Bonchev–Trinajstić information content (AvgIpc) is 2.33. The number of hydrogen-bond donors (Lipinski definition) is 7. The van der Waals surface area contributed by atoms with Crippen LogP contribution in [0.25, 0.3) is 0 Å². The van der Waals surface area contributed by atoms with Crippen molar-refractivity contribution in [2.45, 2.75) is 36.9 Å². The molecular formula is C13H27CaNO11. The molecule has 13 heteroatoms. The van der Waals surface area contributed by atoms with E-state index in [1.807, 2.05) is 21.1 Å². The van der Waals surface area contributed by atoms with Gasteiger partial charge >= 0.3 is 55.5 Å². The normalized spacial score (nSPS) is 12.9. The summed E-state index contributed by atoms with van der Waals surface area (Å²) in [7, 11) is 5.66. The Labute approximate surface area is 179 Å². The Kier molecular flexibility index (Phi) is 13.9. The van der Waals surface area contributed by atoms with Crippen molar-refractivity contribution in [2.24, 2.45) is 0 Å². The van der Waals surface area contributed by atoms with E-state index < -0.39 is 48.4 Å². The molecule has 0 heterocycles. The van der Waals surface area contributed by atoms with Crippen LogP contribution in [-0.2, 0) is 14.4 Å². The van der Waals surface area contributed by atoms with E-state index in [2.05, 4.69) is 0 Å². The van der Waals surface area contributed by atoms with Crippen LogP contribution >= 0.6 is 0 Å². The van der Waals surface area contributed by atoms with Crippen LogP contribution in [0.2, 0.25) is 0 Å². The third-order valence-corrected chi connectivity index (χ3v) is 2.70. The van der Waals surface area contributed by atoms with Crippen LogP contribution < -0.4 is 5.11 Å². The maximum atomic E-state index is 10.1. The molecule has 0 aliphatic heterocycles. The molecule has 0 rings (SSSR count). The number of carbonyl (C=O) groups excluding carboxylic acids is 1. The summed E-state index contributed by atoms with van der Waals surface area (Å²) in [6, 6.07) is 0. The van der Waals surface area contributed by atoms with Crippen LogP contribution in [-0.4, -0.2) is 141 Å². The Morgan fingerprint density at radius 2 is 1.46 bits per heavy atom. The fourth-order valence-corrected chi connectivity index (χ4v) is 1.52. The van der Waals surface area contributed by atoms with Crippen molar-refractivity contribution in [3.8, 4) is 0 Å². The standard InChI is InChI=1S/C7H15NO3.C6H10O8.Ca.2H/c1-8(2,3)5-6(9)4-7(10)11;7-3(8)1-2-5(11,12)6(13,14)4(9)10;;;/h6,9H,4-5H2,1-3H3;11-14H,1-2H2,(H,7,8)(H,9,10);;;. The molecule has 0 saturated carbocycles. The Morgan fingerprint density at radius 1 is 1.04 bits per heavy atom. The third kappa shape index (κ3) is 13.6. The number of carbonyl (C=O) groups is 3. The van der Waals surface area contributed by atoms with Crippen LogP contribution in [0.3, 0.4) is 0 Å². The summed E-state index contributed by atoms with van der Waals surface area (Å²) in [6.07, 6.45) is -2.93. The molecule has 152 valence electrons. The molecule has 0 spiro atoms. The first-order chi connectivity index (χ1) is 10.9. The number of carboxylic acid groups (broad SMARTS) is 3. The zero-order chi connectivity index (χ0) is 20.6. The Morgan fingerprint density at radius 3 is 1.73 bits per heavy atom. The fourth-order valence-electron chi connectivity index (χ4n) is 1.52. The molecule has 0 fully saturated rings. The van der Waals surface area contributed by atoms with E-state index in [9.17, 15) is 19.5 Å². The number of likely N-dealkylation sites (N-methyl/N-ethyl adjacent to an activating group) is 1. The van der Waals surface area contributed by atoms with Crippen LogP contribution in [0.4, 0.5) is 0 Å². The second-order valence-corrected chi connectivity index (χ2v) is 6.39. The predicted octanol–water partition coefficient (Wildman–Crippen LogP) is -5.43. The number of carboxylic acids is 3.